The van der Waals surface area contributed by atoms with E-state index in [0.29, 0.717) is 25.0 Å². The van der Waals surface area contributed by atoms with Crippen LogP contribution in [0.2, 0.25) is 0 Å². The zero-order chi connectivity index (χ0) is 20.3. The van der Waals surface area contributed by atoms with Crippen molar-refractivity contribution in [3.05, 3.63) is 35.9 Å². The van der Waals surface area contributed by atoms with Crippen molar-refractivity contribution in [2.45, 2.75) is 32.3 Å². The molecule has 29 heavy (non-hydrogen) atoms. The molecule has 3 unspecified atom stereocenters. The van der Waals surface area contributed by atoms with Gasteiger partial charge in [-0.3, -0.25) is 4.99 Å². The zero-order valence-electron chi connectivity index (χ0n) is 18.0. The molecule has 0 spiro atoms. The monoisotopic (exact) mass is 403 g/mol. The lowest BCUT2D eigenvalue weighted by Crippen LogP contribution is -2.41. The average Bonchev–Trinajstić information content (AvgIpc) is 3.24. The molecule has 0 saturated carbocycles. The summed E-state index contributed by atoms with van der Waals surface area (Å²) in [6, 6.07) is 10.6. The SMILES string of the molecule is CCNC(=NCC1CCCOC1c1ccccc1)N1CCC(COCCOC)C1. The van der Waals surface area contributed by atoms with Gasteiger partial charge >= 0.3 is 0 Å². The summed E-state index contributed by atoms with van der Waals surface area (Å²) in [7, 11) is 1.71. The van der Waals surface area contributed by atoms with Gasteiger partial charge in [0.15, 0.2) is 5.96 Å². The van der Waals surface area contributed by atoms with Crippen LogP contribution in [0.4, 0.5) is 0 Å². The van der Waals surface area contributed by atoms with Crippen LogP contribution in [0, 0.1) is 11.8 Å². The Kier molecular flexibility index (Phi) is 9.25. The number of methoxy groups -OCH3 is 1. The van der Waals surface area contributed by atoms with Gasteiger partial charge in [-0.15, -0.1) is 0 Å². The molecule has 0 bridgehead atoms. The van der Waals surface area contributed by atoms with Crippen molar-refractivity contribution < 1.29 is 14.2 Å². The molecule has 0 amide bonds. The van der Waals surface area contributed by atoms with E-state index >= 15 is 0 Å². The van der Waals surface area contributed by atoms with Gasteiger partial charge < -0.3 is 24.4 Å². The molecule has 1 aromatic rings. The fourth-order valence-corrected chi connectivity index (χ4v) is 4.22. The van der Waals surface area contributed by atoms with Crippen molar-refractivity contribution in [2.75, 3.05) is 59.7 Å². The molecule has 2 saturated heterocycles. The highest BCUT2D eigenvalue weighted by Gasteiger charge is 2.29. The van der Waals surface area contributed by atoms with Crippen LogP contribution in [0.3, 0.4) is 0 Å². The number of nitrogens with zero attached hydrogens (tertiary/aromatic N) is 2. The summed E-state index contributed by atoms with van der Waals surface area (Å²) in [6.07, 6.45) is 3.58. The molecule has 0 radical (unpaired) electrons. The Morgan fingerprint density at radius 2 is 2.10 bits per heavy atom. The quantitative estimate of drug-likeness (QED) is 0.390. The lowest BCUT2D eigenvalue weighted by Gasteiger charge is -2.32. The second-order valence-electron chi connectivity index (χ2n) is 7.97. The standard InChI is InChI=1S/C23H37N3O3/c1-3-24-23(26-12-11-19(17-26)18-28-15-14-27-2)25-16-21-10-7-13-29-22(21)20-8-5-4-6-9-20/h4-6,8-9,19,21-22H,3,7,10-18H2,1-2H3,(H,24,25). The van der Waals surface area contributed by atoms with E-state index in [1.54, 1.807) is 7.11 Å². The molecule has 0 aliphatic carbocycles. The Morgan fingerprint density at radius 1 is 1.24 bits per heavy atom. The highest BCUT2D eigenvalue weighted by molar-refractivity contribution is 5.80. The Balaban J connectivity index is 1.57. The van der Waals surface area contributed by atoms with Crippen LogP contribution >= 0.6 is 0 Å². The van der Waals surface area contributed by atoms with Gasteiger partial charge in [0, 0.05) is 51.7 Å². The maximum atomic E-state index is 6.15. The number of ether oxygens (including phenoxy) is 3. The highest BCUT2D eigenvalue weighted by Crippen LogP contribution is 2.33. The molecule has 6 nitrogen and oxygen atoms in total. The second-order valence-corrected chi connectivity index (χ2v) is 7.97. The van der Waals surface area contributed by atoms with Crippen LogP contribution in [0.5, 0.6) is 0 Å². The summed E-state index contributed by atoms with van der Waals surface area (Å²) in [5, 5.41) is 3.49. The molecule has 0 aromatic heterocycles. The number of nitrogens with one attached hydrogen (secondary N) is 1. The Bertz CT molecular complexity index is 611. The maximum absolute atomic E-state index is 6.15. The van der Waals surface area contributed by atoms with Crippen LogP contribution in [-0.4, -0.2) is 70.6 Å². The van der Waals surface area contributed by atoms with Gasteiger partial charge in [-0.1, -0.05) is 30.3 Å². The predicted octanol–water partition coefficient (Wildman–Crippen LogP) is 3.10. The fourth-order valence-electron chi connectivity index (χ4n) is 4.22. The Hall–Kier alpha value is -1.63. The molecule has 1 aromatic carbocycles. The number of aliphatic imine (C=N–C) groups is 1. The molecule has 6 heteroatoms. The molecule has 1 N–H and O–H groups in total. The van der Waals surface area contributed by atoms with Gasteiger partial charge in [-0.25, -0.2) is 0 Å². The van der Waals surface area contributed by atoms with E-state index in [1.807, 2.05) is 0 Å². The minimum absolute atomic E-state index is 0.150. The van der Waals surface area contributed by atoms with E-state index in [0.717, 1.165) is 58.2 Å². The van der Waals surface area contributed by atoms with E-state index in [1.165, 1.54) is 12.0 Å². The van der Waals surface area contributed by atoms with Crippen LogP contribution in [0.15, 0.2) is 35.3 Å². The summed E-state index contributed by atoms with van der Waals surface area (Å²) in [6.45, 7) is 8.82. The van der Waals surface area contributed by atoms with Crippen molar-refractivity contribution in [1.29, 1.82) is 0 Å². The van der Waals surface area contributed by atoms with Crippen LogP contribution in [-0.2, 0) is 14.2 Å². The third kappa shape index (κ3) is 6.69. The molecule has 162 valence electrons. The van der Waals surface area contributed by atoms with E-state index in [9.17, 15) is 0 Å². The largest absolute Gasteiger partial charge is 0.382 e. The normalized spacial score (nSPS) is 25.4. The first-order valence-electron chi connectivity index (χ1n) is 11.1. The number of guanidine groups is 1. The third-order valence-electron chi connectivity index (χ3n) is 5.75. The molecule has 2 aliphatic heterocycles. The maximum Gasteiger partial charge on any atom is 0.193 e. The first-order valence-corrected chi connectivity index (χ1v) is 11.1. The smallest absolute Gasteiger partial charge is 0.193 e. The number of rotatable bonds is 9. The molecule has 3 atom stereocenters. The van der Waals surface area contributed by atoms with E-state index in [4.69, 9.17) is 19.2 Å². The summed E-state index contributed by atoms with van der Waals surface area (Å²) >= 11 is 0. The first-order chi connectivity index (χ1) is 14.3. The van der Waals surface area contributed by atoms with Gasteiger partial charge in [0.05, 0.1) is 25.9 Å². The van der Waals surface area contributed by atoms with Crippen molar-refractivity contribution in [3.8, 4) is 0 Å². The van der Waals surface area contributed by atoms with Crippen LogP contribution < -0.4 is 5.32 Å². The van der Waals surface area contributed by atoms with Crippen molar-refractivity contribution in [2.24, 2.45) is 16.8 Å². The summed E-state index contributed by atoms with van der Waals surface area (Å²) in [5.74, 6) is 2.02. The number of hydrogen-bond acceptors (Lipinski definition) is 4. The summed E-state index contributed by atoms with van der Waals surface area (Å²) in [4.78, 5) is 7.41. The van der Waals surface area contributed by atoms with Crippen molar-refractivity contribution >= 4 is 5.96 Å². The molecule has 2 aliphatic rings. The fraction of sp³-hybridized carbons (Fsp3) is 0.696. The lowest BCUT2D eigenvalue weighted by atomic mass is 9.89. The first kappa shape index (κ1) is 22.1. The number of hydrogen-bond donors (Lipinski definition) is 1. The Labute approximate surface area is 175 Å². The van der Waals surface area contributed by atoms with E-state index < -0.39 is 0 Å². The Morgan fingerprint density at radius 3 is 2.90 bits per heavy atom. The van der Waals surface area contributed by atoms with E-state index in [2.05, 4.69) is 47.5 Å². The van der Waals surface area contributed by atoms with Crippen molar-refractivity contribution in [1.82, 2.24) is 10.2 Å². The summed E-state index contributed by atoms with van der Waals surface area (Å²) in [5.41, 5.74) is 1.27. The van der Waals surface area contributed by atoms with Crippen LogP contribution in [0.25, 0.3) is 0 Å². The minimum Gasteiger partial charge on any atom is -0.382 e. The van der Waals surface area contributed by atoms with E-state index in [-0.39, 0.29) is 6.10 Å². The molecule has 3 rings (SSSR count). The van der Waals surface area contributed by atoms with Gasteiger partial charge in [0.25, 0.3) is 0 Å². The minimum atomic E-state index is 0.150. The molecule has 2 heterocycles. The molecular formula is C23H37N3O3. The second kappa shape index (κ2) is 12.2. The van der Waals surface area contributed by atoms with Gasteiger partial charge in [-0.05, 0) is 31.7 Å². The van der Waals surface area contributed by atoms with Gasteiger partial charge in [0.1, 0.15) is 0 Å². The van der Waals surface area contributed by atoms with Crippen LogP contribution in [0.1, 0.15) is 37.9 Å². The topological polar surface area (TPSA) is 55.3 Å². The summed E-state index contributed by atoms with van der Waals surface area (Å²) < 4.78 is 16.9. The number of likely N-dealkylation sites (tertiary alicyclic amines) is 1. The highest BCUT2D eigenvalue weighted by atomic mass is 16.5. The third-order valence-corrected chi connectivity index (χ3v) is 5.75. The van der Waals surface area contributed by atoms with Gasteiger partial charge in [-0.2, -0.15) is 0 Å². The molecular weight excluding hydrogens is 366 g/mol. The number of benzene rings is 1. The lowest BCUT2D eigenvalue weighted by molar-refractivity contribution is -0.0250. The average molecular weight is 404 g/mol. The zero-order valence-corrected chi connectivity index (χ0v) is 18.0. The van der Waals surface area contributed by atoms with Crippen molar-refractivity contribution in [3.63, 3.8) is 0 Å². The molecule has 2 fully saturated rings. The predicted molar refractivity (Wildman–Crippen MR) is 116 cm³/mol. The van der Waals surface area contributed by atoms with Gasteiger partial charge in [0.2, 0.25) is 0 Å².